The molecule has 3 aromatic rings. The number of aromatic nitrogens is 2. The van der Waals surface area contributed by atoms with Crippen LogP contribution >= 0.6 is 11.3 Å². The number of carbonyl (C=O) groups excluding carboxylic acids is 2. The monoisotopic (exact) mass is 383 g/mol. The van der Waals surface area contributed by atoms with Crippen LogP contribution in [-0.2, 0) is 4.74 Å². The molecule has 1 amide bonds. The normalized spacial score (nSPS) is 10.7. The summed E-state index contributed by atoms with van der Waals surface area (Å²) in [6.45, 7) is 7.80. The van der Waals surface area contributed by atoms with E-state index >= 15 is 0 Å². The lowest BCUT2D eigenvalue weighted by molar-refractivity contribution is 0.0527. The molecule has 0 unspecified atom stereocenters. The Hall–Kier alpha value is -2.93. The van der Waals surface area contributed by atoms with Gasteiger partial charge in [-0.05, 0) is 39.3 Å². The van der Waals surface area contributed by atoms with Crippen molar-refractivity contribution in [1.29, 1.82) is 0 Å². The van der Waals surface area contributed by atoms with E-state index in [-0.39, 0.29) is 12.5 Å². The molecule has 140 valence electrons. The summed E-state index contributed by atoms with van der Waals surface area (Å²) in [4.78, 5) is 25.8. The number of ether oxygens (including phenoxy) is 1. The third-order valence-corrected chi connectivity index (χ3v) is 5.38. The van der Waals surface area contributed by atoms with Crippen LogP contribution < -0.4 is 5.32 Å². The fourth-order valence-electron chi connectivity index (χ4n) is 2.64. The molecule has 0 spiro atoms. The maximum absolute atomic E-state index is 12.6. The van der Waals surface area contributed by atoms with Crippen molar-refractivity contribution in [2.45, 2.75) is 27.7 Å². The average molecular weight is 383 g/mol. The van der Waals surface area contributed by atoms with E-state index in [1.807, 2.05) is 45.0 Å². The van der Waals surface area contributed by atoms with Gasteiger partial charge < -0.3 is 10.1 Å². The first kappa shape index (κ1) is 18.8. The Morgan fingerprint density at radius 3 is 2.56 bits per heavy atom. The van der Waals surface area contributed by atoms with Crippen LogP contribution in [0.5, 0.6) is 0 Å². The molecule has 0 bridgehead atoms. The fraction of sp³-hybridized carbons (Fsp3) is 0.250. The third-order valence-electron chi connectivity index (χ3n) is 4.26. The van der Waals surface area contributed by atoms with Crippen molar-refractivity contribution >= 4 is 28.2 Å². The molecule has 0 radical (unpaired) electrons. The molecule has 0 fully saturated rings. The lowest BCUT2D eigenvalue weighted by atomic mass is 10.1. The van der Waals surface area contributed by atoms with Gasteiger partial charge in [0.15, 0.2) is 0 Å². The van der Waals surface area contributed by atoms with Gasteiger partial charge in [-0.25, -0.2) is 4.79 Å². The van der Waals surface area contributed by atoms with Crippen molar-refractivity contribution in [3.8, 4) is 11.3 Å². The molecular weight excluding hydrogens is 362 g/mol. The molecule has 2 aromatic heterocycles. The van der Waals surface area contributed by atoms with Crippen molar-refractivity contribution < 1.29 is 14.3 Å². The molecule has 0 aliphatic carbocycles. The third kappa shape index (κ3) is 3.93. The SMILES string of the molecule is CCOC(=O)c1c(NC(=O)c2cc(-c3ccc(C)cc3)n[nH]2)sc(C)c1C. The summed E-state index contributed by atoms with van der Waals surface area (Å²) in [5.41, 5.74) is 4.31. The van der Waals surface area contributed by atoms with E-state index in [1.54, 1.807) is 13.0 Å². The largest absolute Gasteiger partial charge is 0.462 e. The van der Waals surface area contributed by atoms with E-state index < -0.39 is 5.97 Å². The van der Waals surface area contributed by atoms with E-state index in [4.69, 9.17) is 4.74 Å². The number of esters is 1. The average Bonchev–Trinajstić information content (AvgIpc) is 3.22. The smallest absolute Gasteiger partial charge is 0.341 e. The molecule has 0 saturated heterocycles. The van der Waals surface area contributed by atoms with E-state index in [1.165, 1.54) is 11.3 Å². The Morgan fingerprint density at radius 2 is 1.89 bits per heavy atom. The van der Waals surface area contributed by atoms with Gasteiger partial charge >= 0.3 is 5.97 Å². The Bertz CT molecular complexity index is 987. The zero-order valence-electron chi connectivity index (χ0n) is 15.7. The molecule has 1 aromatic carbocycles. The number of aryl methyl sites for hydroxylation is 2. The minimum absolute atomic E-state index is 0.279. The number of H-pyrrole nitrogens is 1. The molecule has 27 heavy (non-hydrogen) atoms. The van der Waals surface area contributed by atoms with Crippen LogP contribution in [0.2, 0.25) is 0 Å². The van der Waals surface area contributed by atoms with Crippen molar-refractivity contribution in [3.05, 3.63) is 57.6 Å². The Labute approximate surface area is 161 Å². The summed E-state index contributed by atoms with van der Waals surface area (Å²) < 4.78 is 5.12. The van der Waals surface area contributed by atoms with Crippen molar-refractivity contribution in [2.75, 3.05) is 11.9 Å². The van der Waals surface area contributed by atoms with Gasteiger partial charge in [-0.15, -0.1) is 11.3 Å². The predicted octanol–water partition coefficient (Wildman–Crippen LogP) is 4.49. The number of hydrogen-bond donors (Lipinski definition) is 2. The molecule has 0 aliphatic rings. The number of rotatable bonds is 5. The first-order chi connectivity index (χ1) is 12.9. The number of amides is 1. The quantitative estimate of drug-likeness (QED) is 0.636. The molecule has 6 nitrogen and oxygen atoms in total. The highest BCUT2D eigenvalue weighted by molar-refractivity contribution is 7.16. The summed E-state index contributed by atoms with van der Waals surface area (Å²) in [6.07, 6.45) is 0. The van der Waals surface area contributed by atoms with Crippen molar-refractivity contribution in [3.63, 3.8) is 0 Å². The van der Waals surface area contributed by atoms with Crippen LogP contribution in [0.1, 0.15) is 43.8 Å². The van der Waals surface area contributed by atoms with E-state index in [0.717, 1.165) is 21.6 Å². The zero-order chi connectivity index (χ0) is 19.6. The summed E-state index contributed by atoms with van der Waals surface area (Å²) in [5.74, 6) is -0.785. The molecule has 0 saturated carbocycles. The van der Waals surface area contributed by atoms with Gasteiger partial charge in [0.1, 0.15) is 10.7 Å². The fourth-order valence-corrected chi connectivity index (χ4v) is 3.69. The second-order valence-electron chi connectivity index (χ2n) is 6.19. The van der Waals surface area contributed by atoms with Gasteiger partial charge in [0.25, 0.3) is 5.91 Å². The first-order valence-electron chi connectivity index (χ1n) is 8.61. The maximum Gasteiger partial charge on any atom is 0.341 e. The van der Waals surface area contributed by atoms with Crippen LogP contribution in [0.15, 0.2) is 30.3 Å². The van der Waals surface area contributed by atoms with Crippen molar-refractivity contribution in [2.24, 2.45) is 0 Å². The van der Waals surface area contributed by atoms with Crippen LogP contribution in [0.25, 0.3) is 11.3 Å². The van der Waals surface area contributed by atoms with Crippen LogP contribution in [0.4, 0.5) is 5.00 Å². The van der Waals surface area contributed by atoms with E-state index in [9.17, 15) is 9.59 Å². The van der Waals surface area contributed by atoms with Gasteiger partial charge in [-0.2, -0.15) is 5.10 Å². The van der Waals surface area contributed by atoms with Crippen LogP contribution in [0.3, 0.4) is 0 Å². The number of hydrogen-bond acceptors (Lipinski definition) is 5. The topological polar surface area (TPSA) is 84.1 Å². The molecule has 7 heteroatoms. The second-order valence-corrected chi connectivity index (χ2v) is 7.42. The Balaban J connectivity index is 1.83. The number of aromatic amines is 1. The lowest BCUT2D eigenvalue weighted by Gasteiger charge is -2.06. The molecule has 2 heterocycles. The lowest BCUT2D eigenvalue weighted by Crippen LogP contribution is -2.15. The molecular formula is C20H21N3O3S. The highest BCUT2D eigenvalue weighted by Gasteiger charge is 2.23. The summed E-state index contributed by atoms with van der Waals surface area (Å²) in [5, 5.41) is 10.3. The van der Waals surface area contributed by atoms with Crippen molar-refractivity contribution in [1.82, 2.24) is 10.2 Å². The summed E-state index contributed by atoms with van der Waals surface area (Å²) in [7, 11) is 0. The Kier molecular flexibility index (Phi) is 5.41. The number of anilines is 1. The van der Waals surface area contributed by atoms with Gasteiger partial charge in [0, 0.05) is 10.4 Å². The van der Waals surface area contributed by atoms with Gasteiger partial charge in [-0.3, -0.25) is 9.89 Å². The molecule has 2 N–H and O–H groups in total. The molecule has 0 aliphatic heterocycles. The molecule has 3 rings (SSSR count). The van der Waals surface area contributed by atoms with Gasteiger partial charge in [0.2, 0.25) is 0 Å². The maximum atomic E-state index is 12.6. The van der Waals surface area contributed by atoms with E-state index in [2.05, 4.69) is 15.5 Å². The zero-order valence-corrected chi connectivity index (χ0v) is 16.5. The minimum Gasteiger partial charge on any atom is -0.462 e. The number of nitrogens with zero attached hydrogens (tertiary/aromatic N) is 1. The highest BCUT2D eigenvalue weighted by Crippen LogP contribution is 2.33. The Morgan fingerprint density at radius 1 is 1.19 bits per heavy atom. The predicted molar refractivity (Wildman–Crippen MR) is 106 cm³/mol. The summed E-state index contributed by atoms with van der Waals surface area (Å²) in [6, 6.07) is 9.59. The van der Waals surface area contributed by atoms with Gasteiger partial charge in [-0.1, -0.05) is 29.8 Å². The number of benzene rings is 1. The number of thiophene rings is 1. The van der Waals surface area contributed by atoms with Gasteiger partial charge in [0.05, 0.1) is 17.9 Å². The summed E-state index contributed by atoms with van der Waals surface area (Å²) >= 11 is 1.36. The second kappa shape index (κ2) is 7.75. The van der Waals surface area contributed by atoms with Crippen LogP contribution in [0, 0.1) is 20.8 Å². The first-order valence-corrected chi connectivity index (χ1v) is 9.43. The van der Waals surface area contributed by atoms with E-state index in [0.29, 0.717) is 22.0 Å². The van der Waals surface area contributed by atoms with Crippen LogP contribution in [-0.4, -0.2) is 28.7 Å². The minimum atomic E-state index is -0.431. The number of carbonyl (C=O) groups is 2. The number of nitrogens with one attached hydrogen (secondary N) is 2. The highest BCUT2D eigenvalue weighted by atomic mass is 32.1. The standard InChI is InChI=1S/C20H21N3O3S/c1-5-26-20(25)17-12(3)13(4)27-19(17)21-18(24)16-10-15(22-23-16)14-8-6-11(2)7-9-14/h6-10H,5H2,1-4H3,(H,21,24)(H,22,23). The molecule has 0 atom stereocenters.